The van der Waals surface area contributed by atoms with Gasteiger partial charge >= 0.3 is 7.12 Å². The molecule has 0 aromatic heterocycles. The molecular formula is C21H40BN3O3. The molecule has 160 valence electrons. The molecule has 1 atom stereocenters. The minimum atomic E-state index is -0.415. The van der Waals surface area contributed by atoms with Crippen LogP contribution in [0.15, 0.2) is 18.2 Å². The van der Waals surface area contributed by atoms with Crippen LogP contribution in [-0.2, 0) is 14.0 Å². The average Bonchev–Trinajstić information content (AvgIpc) is 2.87. The molecule has 0 spiro atoms. The van der Waals surface area contributed by atoms with E-state index in [1.54, 1.807) is 7.11 Å². The Bertz CT molecular complexity index is 593. The summed E-state index contributed by atoms with van der Waals surface area (Å²) < 4.78 is 17.8. The van der Waals surface area contributed by atoms with Crippen LogP contribution in [-0.4, -0.2) is 37.9 Å². The molecule has 1 heterocycles. The zero-order valence-electron chi connectivity index (χ0n) is 19.0. The highest BCUT2D eigenvalue weighted by molar-refractivity contribution is 6.62. The Morgan fingerprint density at radius 3 is 2.21 bits per heavy atom. The van der Waals surface area contributed by atoms with Crippen molar-refractivity contribution < 1.29 is 14.0 Å². The number of nitrogens with one attached hydrogen (secondary N) is 2. The van der Waals surface area contributed by atoms with Crippen molar-refractivity contribution in [3.05, 3.63) is 23.8 Å². The van der Waals surface area contributed by atoms with E-state index in [1.807, 2.05) is 59.7 Å². The molecule has 1 aromatic rings. The van der Waals surface area contributed by atoms with Gasteiger partial charge in [-0.1, -0.05) is 39.3 Å². The first-order valence-electron chi connectivity index (χ1n) is 10.0. The van der Waals surface area contributed by atoms with Gasteiger partial charge in [-0.15, -0.1) is 0 Å². The van der Waals surface area contributed by atoms with Crippen LogP contribution in [0.3, 0.4) is 0 Å². The lowest BCUT2D eigenvalue weighted by Gasteiger charge is -2.32. The third-order valence-corrected chi connectivity index (χ3v) is 5.18. The summed E-state index contributed by atoms with van der Waals surface area (Å²) in [5.74, 6) is 0. The monoisotopic (exact) mass is 393 g/mol. The third kappa shape index (κ3) is 6.31. The normalized spacial score (nSPS) is 17.8. The van der Waals surface area contributed by atoms with Crippen LogP contribution in [0.5, 0.6) is 0 Å². The third-order valence-electron chi connectivity index (χ3n) is 5.18. The summed E-state index contributed by atoms with van der Waals surface area (Å²) in [6, 6.07) is 5.88. The second-order valence-electron chi connectivity index (χ2n) is 7.59. The molecule has 0 bridgehead atoms. The Morgan fingerprint density at radius 2 is 1.75 bits per heavy atom. The van der Waals surface area contributed by atoms with Gasteiger partial charge in [0.15, 0.2) is 0 Å². The zero-order chi connectivity index (χ0) is 20.7. The highest BCUT2D eigenvalue weighted by Gasteiger charge is 2.51. The molecule has 0 amide bonds. The smallest absolute Gasteiger partial charge is 0.399 e. The molecule has 5 N–H and O–H groups in total. The van der Waals surface area contributed by atoms with Gasteiger partial charge in [0.05, 0.1) is 11.2 Å². The van der Waals surface area contributed by atoms with Gasteiger partial charge < -0.3 is 30.9 Å². The predicted molar refractivity (Wildman–Crippen MR) is 120 cm³/mol. The fourth-order valence-electron chi connectivity index (χ4n) is 2.76. The number of benzene rings is 1. The number of anilines is 1. The first-order chi connectivity index (χ1) is 12.7. The quantitative estimate of drug-likeness (QED) is 0.336. The lowest BCUT2D eigenvalue weighted by Crippen LogP contribution is -2.41. The fourth-order valence-corrected chi connectivity index (χ4v) is 2.76. The molecule has 7 heteroatoms. The summed E-state index contributed by atoms with van der Waals surface area (Å²) in [7, 11) is 1.29. The van der Waals surface area contributed by atoms with Crippen molar-refractivity contribution in [1.82, 2.24) is 6.15 Å². The van der Waals surface area contributed by atoms with Crippen molar-refractivity contribution in [2.24, 2.45) is 0 Å². The van der Waals surface area contributed by atoms with Gasteiger partial charge in [-0.2, -0.15) is 0 Å². The van der Waals surface area contributed by atoms with Crippen molar-refractivity contribution in [3.8, 4) is 0 Å². The first-order valence-corrected chi connectivity index (χ1v) is 10.0. The highest BCUT2D eigenvalue weighted by atomic mass is 16.7. The highest BCUT2D eigenvalue weighted by Crippen LogP contribution is 2.36. The number of rotatable bonds is 8. The van der Waals surface area contributed by atoms with E-state index < -0.39 is 7.12 Å². The van der Waals surface area contributed by atoms with Crippen molar-refractivity contribution >= 4 is 24.5 Å². The van der Waals surface area contributed by atoms with Crippen molar-refractivity contribution in [1.29, 1.82) is 5.41 Å². The van der Waals surface area contributed by atoms with Gasteiger partial charge in [-0.05, 0) is 52.1 Å². The lowest BCUT2D eigenvalue weighted by atomic mass is 9.78. The zero-order valence-corrected chi connectivity index (χ0v) is 19.0. The molecule has 1 saturated heterocycles. The molecule has 2 rings (SSSR count). The number of unbranched alkanes of at least 4 members (excludes halogenated alkanes) is 1. The van der Waals surface area contributed by atoms with E-state index in [2.05, 4.69) is 12.2 Å². The Hall–Kier alpha value is -1.41. The molecule has 6 nitrogen and oxygen atoms in total. The van der Waals surface area contributed by atoms with Crippen LogP contribution < -0.4 is 16.9 Å². The van der Waals surface area contributed by atoms with E-state index >= 15 is 0 Å². The van der Waals surface area contributed by atoms with Gasteiger partial charge in [0.25, 0.3) is 0 Å². The van der Waals surface area contributed by atoms with Crippen LogP contribution in [0.4, 0.5) is 5.69 Å². The fraction of sp³-hybridized carbons (Fsp3) is 0.667. The summed E-state index contributed by atoms with van der Waals surface area (Å²) in [6.07, 6.45) is 4.40. The number of methoxy groups -OCH3 is 1. The molecule has 0 radical (unpaired) electrons. The first kappa shape index (κ1) is 26.6. The van der Waals surface area contributed by atoms with E-state index in [4.69, 9.17) is 19.5 Å². The largest absolute Gasteiger partial charge is 0.494 e. The van der Waals surface area contributed by atoms with Crippen LogP contribution >= 0.6 is 0 Å². The van der Waals surface area contributed by atoms with E-state index in [0.29, 0.717) is 0 Å². The molecule has 1 fully saturated rings. The Morgan fingerprint density at radius 1 is 1.18 bits per heavy atom. The summed E-state index contributed by atoms with van der Waals surface area (Å²) in [4.78, 5) is 0. The minimum absolute atomic E-state index is 0. The molecule has 28 heavy (non-hydrogen) atoms. The summed E-state index contributed by atoms with van der Waals surface area (Å²) in [5.41, 5.74) is 1.88. The van der Waals surface area contributed by atoms with Gasteiger partial charge in [0, 0.05) is 24.6 Å². The molecule has 0 saturated carbocycles. The summed E-state index contributed by atoms with van der Waals surface area (Å²) in [5, 5.41) is 11.1. The lowest BCUT2D eigenvalue weighted by molar-refractivity contribution is 0.00578. The van der Waals surface area contributed by atoms with Gasteiger partial charge in [-0.25, -0.2) is 0 Å². The van der Waals surface area contributed by atoms with Crippen LogP contribution in [0, 0.1) is 5.41 Å². The molecule has 0 aliphatic carbocycles. The van der Waals surface area contributed by atoms with Crippen molar-refractivity contribution in [3.63, 3.8) is 0 Å². The van der Waals surface area contributed by atoms with E-state index in [9.17, 15) is 0 Å². The summed E-state index contributed by atoms with van der Waals surface area (Å²) >= 11 is 0. The average molecular weight is 393 g/mol. The second-order valence-corrected chi connectivity index (χ2v) is 7.59. The van der Waals surface area contributed by atoms with E-state index in [0.717, 1.165) is 36.0 Å². The molecule has 1 aliphatic heterocycles. The van der Waals surface area contributed by atoms with Crippen molar-refractivity contribution in [2.45, 2.75) is 85.2 Å². The minimum Gasteiger partial charge on any atom is -0.399 e. The standard InChI is InChI=1S/C19H31BN2O3.C2H6.H3N/c1-7-8-9-17(23-6)22-16-12-15(11-10-14(16)13-21)20-24-18(2,3)19(4,5)25-20;1-2;/h10-13,17,21-22H,7-9H2,1-6H3;1-2H3;1H3. The Labute approximate surface area is 172 Å². The van der Waals surface area contributed by atoms with E-state index in [-0.39, 0.29) is 23.6 Å². The Kier molecular flexibility index (Phi) is 11.0. The molecular weight excluding hydrogens is 353 g/mol. The number of hydrogen-bond acceptors (Lipinski definition) is 6. The molecule has 1 unspecified atom stereocenters. The number of hydrogen-bond donors (Lipinski definition) is 3. The maximum absolute atomic E-state index is 7.66. The number of ether oxygens (including phenoxy) is 1. The maximum atomic E-state index is 7.66. The molecule has 1 aromatic carbocycles. The van der Waals surface area contributed by atoms with Crippen LogP contribution in [0.2, 0.25) is 0 Å². The SMILES string of the molecule is CC.CCCCC(Nc1cc(B2OC(C)(C)C(C)(C)O2)ccc1C=N)OC.N. The predicted octanol–water partition coefficient (Wildman–Crippen LogP) is 4.75. The van der Waals surface area contributed by atoms with Gasteiger partial charge in [-0.3, -0.25) is 0 Å². The molecule has 1 aliphatic rings. The van der Waals surface area contributed by atoms with Crippen LogP contribution in [0.1, 0.15) is 73.3 Å². The topological polar surface area (TPSA) is 98.6 Å². The summed E-state index contributed by atoms with van der Waals surface area (Å²) in [6.45, 7) is 14.3. The maximum Gasteiger partial charge on any atom is 0.494 e. The van der Waals surface area contributed by atoms with Gasteiger partial charge in [0.1, 0.15) is 6.23 Å². The van der Waals surface area contributed by atoms with Gasteiger partial charge in [0.2, 0.25) is 0 Å². The Balaban J connectivity index is 0.00000235. The van der Waals surface area contributed by atoms with Crippen molar-refractivity contribution in [2.75, 3.05) is 12.4 Å². The van der Waals surface area contributed by atoms with Crippen LogP contribution in [0.25, 0.3) is 0 Å². The second kappa shape index (κ2) is 11.6. The van der Waals surface area contributed by atoms with E-state index in [1.165, 1.54) is 6.21 Å².